The Hall–Kier alpha value is -7.46. The van der Waals surface area contributed by atoms with Gasteiger partial charge < -0.3 is 19.8 Å². The largest absolute Gasteiger partial charge is 0.493 e. The minimum atomic E-state index is -4.21. The first-order valence-corrected chi connectivity index (χ1v) is 21.1. The third-order valence-corrected chi connectivity index (χ3v) is 9.01. The van der Waals surface area contributed by atoms with Crippen molar-refractivity contribution in [3.8, 4) is 5.75 Å². The van der Waals surface area contributed by atoms with Crippen LogP contribution in [0.2, 0.25) is 0 Å². The zero-order valence-electron chi connectivity index (χ0n) is 33.6. The molecule has 5 rings (SSSR count). The van der Waals surface area contributed by atoms with Crippen molar-refractivity contribution in [2.24, 2.45) is 20.5 Å². The second kappa shape index (κ2) is 25.3. The molecule has 21 nitrogen and oxygen atoms in total. The normalized spacial score (nSPS) is 10.8. The average Bonchev–Trinajstić information content (AvgIpc) is 3.22. The van der Waals surface area contributed by atoms with E-state index in [2.05, 4.69) is 20.5 Å². The van der Waals surface area contributed by atoms with Crippen molar-refractivity contribution in [2.45, 2.75) is 39.5 Å². The molecule has 23 heteroatoms. The third kappa shape index (κ3) is 18.8. The van der Waals surface area contributed by atoms with Gasteiger partial charge in [-0.25, -0.2) is 9.78 Å². The van der Waals surface area contributed by atoms with Crippen LogP contribution < -0.4 is 9.64 Å². The van der Waals surface area contributed by atoms with E-state index in [1.165, 1.54) is 12.1 Å². The van der Waals surface area contributed by atoms with Gasteiger partial charge in [0.05, 0.1) is 47.1 Å². The SMILES string of the molecule is CCN(CCC(=O)O)c1nc(Cc2ccc(N=Nc3ccccc3)cc2)nc(Cc2cc(C)c(N=Nc3cccc(C(=O)O)c3)cc2OCCCS(=O)(=O)O)n1.O=C=O.O=S(=O)=O. The van der Waals surface area contributed by atoms with E-state index in [1.807, 2.05) is 74.5 Å². The topological polar surface area (TPSA) is 315 Å². The van der Waals surface area contributed by atoms with Gasteiger partial charge in [0, 0.05) is 37.6 Å². The quantitative estimate of drug-likeness (QED) is 0.0467. The molecule has 0 atom stereocenters. The van der Waals surface area contributed by atoms with Crippen LogP contribution in [-0.4, -0.2) is 94.3 Å². The highest BCUT2D eigenvalue weighted by Crippen LogP contribution is 2.32. The van der Waals surface area contributed by atoms with Crippen LogP contribution in [0, 0.1) is 6.92 Å². The zero-order valence-corrected chi connectivity index (χ0v) is 35.3. The lowest BCUT2D eigenvalue weighted by molar-refractivity contribution is -0.191. The predicted octanol–water partition coefficient (Wildman–Crippen LogP) is 6.26. The Labute approximate surface area is 362 Å². The van der Waals surface area contributed by atoms with E-state index in [0.717, 1.165) is 11.3 Å². The summed E-state index contributed by atoms with van der Waals surface area (Å²) in [6.07, 6.45) is 0.604. The molecule has 4 aromatic carbocycles. The van der Waals surface area contributed by atoms with Gasteiger partial charge in [-0.2, -0.15) is 48.4 Å². The smallest absolute Gasteiger partial charge is 0.425 e. The molecule has 63 heavy (non-hydrogen) atoms. The van der Waals surface area contributed by atoms with Crippen LogP contribution >= 0.6 is 0 Å². The van der Waals surface area contributed by atoms with Crippen molar-refractivity contribution in [3.05, 3.63) is 125 Å². The summed E-state index contributed by atoms with van der Waals surface area (Å²) < 4.78 is 63.3. The first-order chi connectivity index (χ1) is 30.0. The molecule has 0 spiro atoms. The van der Waals surface area contributed by atoms with Gasteiger partial charge in [0.15, 0.2) is 0 Å². The van der Waals surface area contributed by atoms with Crippen LogP contribution in [0.3, 0.4) is 0 Å². The molecule has 0 aliphatic carbocycles. The maximum absolute atomic E-state index is 11.5. The van der Waals surface area contributed by atoms with E-state index in [4.69, 9.17) is 41.9 Å². The maximum Gasteiger partial charge on any atom is 0.425 e. The number of anilines is 1. The first kappa shape index (κ1) is 49.9. The molecule has 1 aromatic heterocycles. The van der Waals surface area contributed by atoms with Gasteiger partial charge in [0.1, 0.15) is 17.4 Å². The van der Waals surface area contributed by atoms with Gasteiger partial charge in [-0.1, -0.05) is 36.4 Å². The molecule has 0 aliphatic heterocycles. The highest BCUT2D eigenvalue weighted by Gasteiger charge is 2.18. The predicted molar refractivity (Wildman–Crippen MR) is 223 cm³/mol. The lowest BCUT2D eigenvalue weighted by Crippen LogP contribution is -2.28. The van der Waals surface area contributed by atoms with E-state index < -0.39 is 38.4 Å². The van der Waals surface area contributed by atoms with E-state index in [-0.39, 0.29) is 44.1 Å². The Balaban J connectivity index is 0.00000141. The molecule has 0 saturated heterocycles. The second-order valence-electron chi connectivity index (χ2n) is 12.8. The van der Waals surface area contributed by atoms with Gasteiger partial charge in [-0.05, 0) is 79.9 Å². The molecule has 0 unspecified atom stereocenters. The zero-order chi connectivity index (χ0) is 46.4. The van der Waals surface area contributed by atoms with E-state index in [0.29, 0.717) is 64.5 Å². The van der Waals surface area contributed by atoms with Crippen LogP contribution in [-0.2, 0) is 48.0 Å². The van der Waals surface area contributed by atoms with E-state index in [1.54, 1.807) is 23.1 Å². The molecule has 5 aromatic rings. The maximum atomic E-state index is 11.5. The molecule has 0 amide bonds. The molecule has 0 radical (unpaired) electrons. The number of azo groups is 2. The number of aromatic nitrogens is 3. The van der Waals surface area contributed by atoms with Crippen molar-refractivity contribution in [1.29, 1.82) is 0 Å². The summed E-state index contributed by atoms with van der Waals surface area (Å²) in [5.41, 5.74) is 4.40. The molecule has 0 aliphatic rings. The van der Waals surface area contributed by atoms with Gasteiger partial charge in [-0.15, -0.1) is 12.6 Å². The lowest BCUT2D eigenvalue weighted by Gasteiger charge is -2.21. The van der Waals surface area contributed by atoms with Gasteiger partial charge in [-0.3, -0.25) is 9.35 Å². The summed E-state index contributed by atoms with van der Waals surface area (Å²) in [5, 5.41) is 35.9. The third-order valence-electron chi connectivity index (χ3n) is 8.21. The molecular weight excluding hydrogens is 865 g/mol. The Morgan fingerprint density at radius 3 is 1.97 bits per heavy atom. The van der Waals surface area contributed by atoms with Crippen molar-refractivity contribution in [1.82, 2.24) is 15.0 Å². The van der Waals surface area contributed by atoms with Crippen molar-refractivity contribution < 1.29 is 59.7 Å². The minimum Gasteiger partial charge on any atom is -0.493 e. The van der Waals surface area contributed by atoms with Crippen molar-refractivity contribution in [2.75, 3.05) is 30.3 Å². The summed E-state index contributed by atoms with van der Waals surface area (Å²) in [5.74, 6) is -1.10. The Morgan fingerprint density at radius 2 is 1.38 bits per heavy atom. The Kier molecular flexibility index (Phi) is 20.1. The second-order valence-corrected chi connectivity index (χ2v) is 14.8. The Bertz CT molecular complexity index is 2660. The number of hydrogen-bond donors (Lipinski definition) is 3. The fourth-order valence-electron chi connectivity index (χ4n) is 5.38. The van der Waals surface area contributed by atoms with Crippen LogP contribution in [0.25, 0.3) is 0 Å². The number of carbonyl (C=O) groups excluding carboxylic acids is 2. The lowest BCUT2D eigenvalue weighted by atomic mass is 10.1. The number of rotatable bonds is 19. The number of carbonyl (C=O) groups is 2. The summed E-state index contributed by atoms with van der Waals surface area (Å²) in [4.78, 5) is 55.1. The van der Waals surface area contributed by atoms with Crippen LogP contribution in [0.15, 0.2) is 111 Å². The number of benzene rings is 4. The van der Waals surface area contributed by atoms with E-state index >= 15 is 0 Å². The highest BCUT2D eigenvalue weighted by atomic mass is 32.2. The fourth-order valence-corrected chi connectivity index (χ4v) is 5.86. The van der Waals surface area contributed by atoms with Crippen LogP contribution in [0.4, 0.5) is 28.7 Å². The molecule has 0 fully saturated rings. The summed E-state index contributed by atoms with van der Waals surface area (Å²) in [6.45, 7) is 4.24. The van der Waals surface area contributed by atoms with Gasteiger partial charge in [0.2, 0.25) is 5.95 Å². The first-order valence-electron chi connectivity index (χ1n) is 18.5. The average molecular weight is 905 g/mol. The number of hydrogen-bond acceptors (Lipinski definition) is 18. The number of aromatic carboxylic acids is 1. The number of nitrogens with zero attached hydrogens (tertiary/aromatic N) is 8. The molecule has 3 N–H and O–H groups in total. The van der Waals surface area contributed by atoms with Crippen molar-refractivity contribution in [3.63, 3.8) is 0 Å². The van der Waals surface area contributed by atoms with Gasteiger partial charge in [0.25, 0.3) is 10.1 Å². The number of carboxylic acids is 2. The number of aliphatic carboxylic acids is 1. The van der Waals surface area contributed by atoms with Crippen LogP contribution in [0.5, 0.6) is 5.75 Å². The van der Waals surface area contributed by atoms with Gasteiger partial charge >= 0.3 is 28.7 Å². The molecule has 0 bridgehead atoms. The molecule has 0 saturated carbocycles. The monoisotopic (exact) mass is 904 g/mol. The highest BCUT2D eigenvalue weighted by molar-refractivity contribution is 7.85. The summed E-state index contributed by atoms with van der Waals surface area (Å²) in [6, 6.07) is 26.3. The van der Waals surface area contributed by atoms with Crippen molar-refractivity contribution >= 4 is 67.5 Å². The van der Waals surface area contributed by atoms with Crippen LogP contribution in [0.1, 0.15) is 58.5 Å². The molecule has 1 heterocycles. The fraction of sp³-hybridized carbons (Fsp3) is 0.250. The standard InChI is InChI=1S/C39H40N8O8S.CO2.O3S/c1-3-47(18-17-37(48)49)39-41-35(22-27-13-15-31(16-14-27)44-43-30-10-5-4-6-11-30)40-36(42-39)24-29-21-26(2)33(25-34(29)55-19-8-20-56(52,53)54)46-45-32-12-7-9-28(23-32)38(50)51;2-1-3;1-4(2)3/h4-7,9-16,21,23,25H,3,8,17-20,22,24H2,1-2H3,(H,48,49)(H,50,51)(H,52,53,54);;. The Morgan fingerprint density at radius 1 is 0.794 bits per heavy atom. The number of aryl methyl sites for hydroxylation is 1. The molecular formula is C40H40N8O13S2. The summed E-state index contributed by atoms with van der Waals surface area (Å²) >= 11 is 0. The minimum absolute atomic E-state index is 0.00644. The molecule has 330 valence electrons. The number of carboxylic acid groups (broad SMARTS) is 2. The summed E-state index contributed by atoms with van der Waals surface area (Å²) in [7, 11) is -7.32. The number of ether oxygens (including phenoxy) is 1. The van der Waals surface area contributed by atoms with E-state index in [9.17, 15) is 32.8 Å².